The van der Waals surface area contributed by atoms with E-state index in [0.717, 1.165) is 0 Å². The highest BCUT2D eigenvalue weighted by Gasteiger charge is 1.85. The molecule has 0 bridgehead atoms. The zero-order valence-corrected chi connectivity index (χ0v) is 6.91. The van der Waals surface area contributed by atoms with Crippen LogP contribution in [0, 0.1) is 0 Å². The van der Waals surface area contributed by atoms with E-state index >= 15 is 0 Å². The molecule has 0 aliphatic rings. The summed E-state index contributed by atoms with van der Waals surface area (Å²) < 4.78 is 0. The third-order valence-corrected chi connectivity index (χ3v) is 0.830. The summed E-state index contributed by atoms with van der Waals surface area (Å²) in [6, 6.07) is 5.85. The van der Waals surface area contributed by atoms with Crippen LogP contribution in [0.2, 0.25) is 0 Å². The maximum Gasteiger partial charge on any atom is 0.119 e. The van der Waals surface area contributed by atoms with Crippen molar-refractivity contribution in [3.8, 4) is 11.5 Å². The molecule has 6 heteroatoms. The van der Waals surface area contributed by atoms with Gasteiger partial charge in [0, 0.05) is 6.07 Å². The molecule has 74 valence electrons. The van der Waals surface area contributed by atoms with Crippen molar-refractivity contribution in [3.63, 3.8) is 0 Å². The van der Waals surface area contributed by atoms with Crippen LogP contribution in [0.25, 0.3) is 10.8 Å². The molecule has 14 heavy (non-hydrogen) atoms. The average Bonchev–Trinajstić information content (AvgIpc) is 2.06. The molecule has 6 nitrogen and oxygen atoms in total. The highest BCUT2D eigenvalue weighted by molar-refractivity contribution is 5.37. The van der Waals surface area contributed by atoms with Crippen molar-refractivity contribution >= 4 is 12.2 Å². The van der Waals surface area contributed by atoms with E-state index in [1.807, 2.05) is 0 Å². The first-order valence-electron chi connectivity index (χ1n) is 3.12. The molecule has 0 atom stereocenters. The van der Waals surface area contributed by atoms with Crippen LogP contribution < -0.4 is 0 Å². The number of benzene rings is 1. The van der Waals surface area contributed by atoms with Crippen LogP contribution in [0.3, 0.4) is 0 Å². The van der Waals surface area contributed by atoms with Crippen molar-refractivity contribution in [1.29, 1.82) is 0 Å². The molecule has 2 N–H and O–H groups in total. The molecule has 0 radical (unpaired) electrons. The van der Waals surface area contributed by atoms with E-state index in [1.54, 1.807) is 6.07 Å². The van der Waals surface area contributed by atoms with Crippen LogP contribution in [-0.4, -0.2) is 22.4 Å². The van der Waals surface area contributed by atoms with Gasteiger partial charge in [0.15, 0.2) is 0 Å². The van der Waals surface area contributed by atoms with Gasteiger partial charge in [0.1, 0.15) is 11.5 Å². The van der Waals surface area contributed by atoms with E-state index in [9.17, 15) is 0 Å². The standard InChI is InChI=1S/C6H6O2.2CNO/c7-5-2-1-3-6(8)4-5;2*2-1-3/h1-4,7-8H;;/q;2*-1. The Kier molecular flexibility index (Phi) is 10.7. The van der Waals surface area contributed by atoms with Gasteiger partial charge in [0.2, 0.25) is 0 Å². The van der Waals surface area contributed by atoms with Crippen molar-refractivity contribution in [2.45, 2.75) is 0 Å². The number of carbonyl (C=O) groups excluding carboxylic acids is 2. The number of isocyanates is 2. The molecule has 0 spiro atoms. The lowest BCUT2D eigenvalue weighted by atomic mass is 10.3. The molecule has 1 aromatic carbocycles. The van der Waals surface area contributed by atoms with Gasteiger partial charge in [-0.3, -0.25) is 9.59 Å². The molecule has 0 aliphatic heterocycles. The van der Waals surface area contributed by atoms with Gasteiger partial charge in [0.05, 0.1) is 0 Å². The van der Waals surface area contributed by atoms with E-state index in [0.29, 0.717) is 12.2 Å². The minimum absolute atomic E-state index is 0.0880. The highest BCUT2D eigenvalue weighted by atomic mass is 16.3. The normalized spacial score (nSPS) is 6.29. The summed E-state index contributed by atoms with van der Waals surface area (Å²) in [5.74, 6) is 0.176. The number of nitrogens with zero attached hydrogens (tertiary/aromatic N) is 2. The molecule has 0 amide bonds. The molecule has 0 aliphatic carbocycles. The maximum atomic E-state index is 8.65. The van der Waals surface area contributed by atoms with E-state index in [1.165, 1.54) is 18.2 Å². The molecule has 1 aromatic rings. The van der Waals surface area contributed by atoms with E-state index < -0.39 is 0 Å². The van der Waals surface area contributed by atoms with Gasteiger partial charge in [-0.2, -0.15) is 0 Å². The van der Waals surface area contributed by atoms with Crippen molar-refractivity contribution < 1.29 is 19.8 Å². The Labute approximate surface area is 79.5 Å². The third kappa shape index (κ3) is 12.3. The van der Waals surface area contributed by atoms with Crippen LogP contribution in [-0.2, 0) is 9.59 Å². The average molecular weight is 194 g/mol. The zero-order chi connectivity index (χ0) is 11.4. The van der Waals surface area contributed by atoms with Crippen molar-refractivity contribution in [3.05, 3.63) is 35.1 Å². The van der Waals surface area contributed by atoms with Crippen LogP contribution in [0.5, 0.6) is 11.5 Å². The molecule has 0 unspecified atom stereocenters. The van der Waals surface area contributed by atoms with Crippen molar-refractivity contribution in [2.24, 2.45) is 0 Å². The lowest BCUT2D eigenvalue weighted by Gasteiger charge is -1.89. The topological polar surface area (TPSA) is 119 Å². The molecule has 0 heterocycles. The lowest BCUT2D eigenvalue weighted by molar-refractivity contribution is 0.450. The second-order valence-corrected chi connectivity index (χ2v) is 1.70. The predicted octanol–water partition coefficient (Wildman–Crippen LogP) is 0.881. The SMILES string of the molecule is Oc1cccc(O)c1.[N-]=C=O.[N-]=C=O. The van der Waals surface area contributed by atoms with E-state index in [2.05, 4.69) is 0 Å². The van der Waals surface area contributed by atoms with Gasteiger partial charge in [-0.05, 0) is 24.3 Å². The molecular weight excluding hydrogens is 188 g/mol. The Balaban J connectivity index is 0. The second-order valence-electron chi connectivity index (χ2n) is 1.70. The Morgan fingerprint density at radius 1 is 1.00 bits per heavy atom. The summed E-state index contributed by atoms with van der Waals surface area (Å²) in [4.78, 5) is 16.5. The molecule has 1 rings (SSSR count). The second kappa shape index (κ2) is 10.6. The quantitative estimate of drug-likeness (QED) is 0.470. The summed E-state index contributed by atoms with van der Waals surface area (Å²) >= 11 is 0. The first kappa shape index (κ1) is 14.1. The Morgan fingerprint density at radius 2 is 1.29 bits per heavy atom. The summed E-state index contributed by atoms with van der Waals surface area (Å²) in [6.07, 6.45) is 1.00. The number of hydrogen-bond donors (Lipinski definition) is 2. The lowest BCUT2D eigenvalue weighted by Crippen LogP contribution is -1.61. The van der Waals surface area contributed by atoms with Crippen LogP contribution in [0.4, 0.5) is 0 Å². The predicted molar refractivity (Wildman–Crippen MR) is 47.9 cm³/mol. The third-order valence-electron chi connectivity index (χ3n) is 0.830. The van der Waals surface area contributed by atoms with Crippen LogP contribution in [0.1, 0.15) is 0 Å². The maximum absolute atomic E-state index is 8.65. The van der Waals surface area contributed by atoms with Gasteiger partial charge in [-0.25, -0.2) is 0 Å². The van der Waals surface area contributed by atoms with Gasteiger partial charge in [-0.15, -0.1) is 0 Å². The van der Waals surface area contributed by atoms with Gasteiger partial charge < -0.3 is 21.0 Å². The molecule has 0 saturated carbocycles. The molecule has 0 saturated heterocycles. The Bertz CT molecular complexity index is 297. The summed E-state index contributed by atoms with van der Waals surface area (Å²) in [5, 5.41) is 30.8. The monoisotopic (exact) mass is 194 g/mol. The first-order chi connectivity index (χ1) is 6.62. The van der Waals surface area contributed by atoms with E-state index in [-0.39, 0.29) is 11.5 Å². The number of aromatic hydroxyl groups is 2. The number of phenols is 2. The Morgan fingerprint density at radius 3 is 1.43 bits per heavy atom. The number of phenolic OH excluding ortho intramolecular Hbond substituents is 2. The van der Waals surface area contributed by atoms with Crippen molar-refractivity contribution in [1.82, 2.24) is 0 Å². The van der Waals surface area contributed by atoms with Gasteiger partial charge in [-0.1, -0.05) is 6.07 Å². The largest absolute Gasteiger partial charge is 0.724 e. The number of hydrogen-bond acceptors (Lipinski definition) is 4. The fraction of sp³-hybridized carbons (Fsp3) is 0. The van der Waals surface area contributed by atoms with E-state index in [4.69, 9.17) is 30.6 Å². The summed E-state index contributed by atoms with van der Waals surface area (Å²) in [6.45, 7) is 0. The minimum Gasteiger partial charge on any atom is -0.724 e. The van der Waals surface area contributed by atoms with Gasteiger partial charge in [0.25, 0.3) is 0 Å². The zero-order valence-electron chi connectivity index (χ0n) is 6.91. The smallest absolute Gasteiger partial charge is 0.119 e. The van der Waals surface area contributed by atoms with Crippen LogP contribution >= 0.6 is 0 Å². The highest BCUT2D eigenvalue weighted by Crippen LogP contribution is 2.14. The van der Waals surface area contributed by atoms with Crippen molar-refractivity contribution in [2.75, 3.05) is 0 Å². The van der Waals surface area contributed by atoms with Crippen LogP contribution in [0.15, 0.2) is 24.3 Å². The Hall–Kier alpha value is -2.42. The van der Waals surface area contributed by atoms with Gasteiger partial charge >= 0.3 is 0 Å². The molecule has 0 fully saturated rings. The summed E-state index contributed by atoms with van der Waals surface area (Å²) in [5.41, 5.74) is 0. The molecular formula is C8H6N2O4-2. The molecule has 0 aromatic heterocycles. The fourth-order valence-electron chi connectivity index (χ4n) is 0.493. The minimum atomic E-state index is 0.0880. The fourth-order valence-corrected chi connectivity index (χ4v) is 0.493. The summed E-state index contributed by atoms with van der Waals surface area (Å²) in [7, 11) is 0. The number of rotatable bonds is 0. The first-order valence-corrected chi connectivity index (χ1v) is 3.12.